The Bertz CT molecular complexity index is 229. The van der Waals surface area contributed by atoms with Crippen LogP contribution in [0.3, 0.4) is 0 Å². The van der Waals surface area contributed by atoms with E-state index in [0.717, 1.165) is 12.2 Å². The molecule has 0 aliphatic carbocycles. The molecule has 6 heteroatoms. The zero-order chi connectivity index (χ0) is 11.0. The van der Waals surface area contributed by atoms with Crippen LogP contribution >= 0.6 is 11.8 Å². The second-order valence-electron chi connectivity index (χ2n) is 3.20. The quantitative estimate of drug-likeness (QED) is 0.474. The molecular weight excluding hydrogens is 220 g/mol. The van der Waals surface area contributed by atoms with Gasteiger partial charge in [-0.15, -0.1) is 0 Å². The molecule has 0 fully saturated rings. The van der Waals surface area contributed by atoms with Crippen LogP contribution in [0.4, 0.5) is 0 Å². The van der Waals surface area contributed by atoms with E-state index in [2.05, 4.69) is 5.43 Å². The van der Waals surface area contributed by atoms with Crippen molar-refractivity contribution in [3.63, 3.8) is 0 Å². The van der Waals surface area contributed by atoms with Gasteiger partial charge in [-0.25, -0.2) is 8.42 Å². The second-order valence-corrected chi connectivity index (χ2v) is 6.58. The van der Waals surface area contributed by atoms with Crippen molar-refractivity contribution >= 4 is 21.6 Å². The number of rotatable bonds is 8. The lowest BCUT2D eigenvalue weighted by Crippen LogP contribution is -2.37. The Hall–Kier alpha value is 0.220. The molecule has 0 aromatic carbocycles. The number of hydrogen-bond donors (Lipinski definition) is 2. The summed E-state index contributed by atoms with van der Waals surface area (Å²) in [4.78, 5) is 0. The van der Waals surface area contributed by atoms with Gasteiger partial charge in [-0.05, 0) is 19.1 Å². The van der Waals surface area contributed by atoms with E-state index in [-0.39, 0.29) is 17.5 Å². The summed E-state index contributed by atoms with van der Waals surface area (Å²) in [5.41, 5.74) is 2.69. The molecule has 0 heterocycles. The van der Waals surface area contributed by atoms with Crippen molar-refractivity contribution in [2.45, 2.75) is 25.8 Å². The molecular formula is C8H20N2O2S2. The molecule has 0 saturated heterocycles. The summed E-state index contributed by atoms with van der Waals surface area (Å²) >= 11 is 1.71. The molecule has 0 aliphatic rings. The largest absolute Gasteiger partial charge is 0.271 e. The van der Waals surface area contributed by atoms with Gasteiger partial charge in [0.1, 0.15) is 9.84 Å². The predicted octanol–water partition coefficient (Wildman–Crippen LogP) is 0.396. The first-order valence-corrected chi connectivity index (χ1v) is 7.92. The maximum Gasteiger partial charge on any atom is 0.150 e. The van der Waals surface area contributed by atoms with Gasteiger partial charge < -0.3 is 0 Å². The maximum absolute atomic E-state index is 11.2. The number of hydrogen-bond acceptors (Lipinski definition) is 5. The van der Waals surface area contributed by atoms with Gasteiger partial charge in [-0.2, -0.15) is 11.8 Å². The Morgan fingerprint density at radius 3 is 2.57 bits per heavy atom. The molecule has 14 heavy (non-hydrogen) atoms. The van der Waals surface area contributed by atoms with Crippen molar-refractivity contribution in [2.24, 2.45) is 5.84 Å². The van der Waals surface area contributed by atoms with E-state index in [0.29, 0.717) is 6.42 Å². The zero-order valence-electron chi connectivity index (χ0n) is 8.82. The van der Waals surface area contributed by atoms with Gasteiger partial charge >= 0.3 is 0 Å². The van der Waals surface area contributed by atoms with Crippen LogP contribution in [0, 0.1) is 0 Å². The molecule has 1 unspecified atom stereocenters. The summed E-state index contributed by atoms with van der Waals surface area (Å²) in [6, 6.07) is 0.219. The van der Waals surface area contributed by atoms with Crippen LogP contribution in [0.15, 0.2) is 0 Å². The molecule has 86 valence electrons. The summed E-state index contributed by atoms with van der Waals surface area (Å²) in [7, 11) is -2.81. The molecule has 0 saturated carbocycles. The minimum absolute atomic E-state index is 0.219. The van der Waals surface area contributed by atoms with Crippen molar-refractivity contribution in [2.75, 3.05) is 23.5 Å². The molecule has 1 atom stereocenters. The highest BCUT2D eigenvalue weighted by molar-refractivity contribution is 7.98. The highest BCUT2D eigenvalue weighted by atomic mass is 32.2. The molecule has 0 aliphatic heterocycles. The lowest BCUT2D eigenvalue weighted by molar-refractivity contribution is 0.528. The fraction of sp³-hybridized carbons (Fsp3) is 1.00. The van der Waals surface area contributed by atoms with Gasteiger partial charge in [0.25, 0.3) is 0 Å². The van der Waals surface area contributed by atoms with Crippen molar-refractivity contribution in [3.05, 3.63) is 0 Å². The van der Waals surface area contributed by atoms with Gasteiger partial charge in [0.05, 0.1) is 5.75 Å². The fourth-order valence-corrected chi connectivity index (χ4v) is 2.67. The monoisotopic (exact) mass is 240 g/mol. The van der Waals surface area contributed by atoms with E-state index >= 15 is 0 Å². The van der Waals surface area contributed by atoms with Crippen LogP contribution in [0.5, 0.6) is 0 Å². The minimum Gasteiger partial charge on any atom is -0.271 e. The average molecular weight is 240 g/mol. The molecule has 0 radical (unpaired) electrons. The van der Waals surface area contributed by atoms with Crippen molar-refractivity contribution in [1.82, 2.24) is 5.43 Å². The van der Waals surface area contributed by atoms with Crippen LogP contribution in [0.2, 0.25) is 0 Å². The summed E-state index contributed by atoms with van der Waals surface area (Å²) in [6.45, 7) is 1.68. The highest BCUT2D eigenvalue weighted by Crippen LogP contribution is 2.05. The van der Waals surface area contributed by atoms with Gasteiger partial charge in [0, 0.05) is 17.5 Å². The summed E-state index contributed by atoms with van der Waals surface area (Å²) in [5.74, 6) is 6.75. The predicted molar refractivity (Wildman–Crippen MR) is 63.1 cm³/mol. The Morgan fingerprint density at radius 2 is 2.14 bits per heavy atom. The topological polar surface area (TPSA) is 72.2 Å². The van der Waals surface area contributed by atoms with E-state index in [1.165, 1.54) is 0 Å². The van der Waals surface area contributed by atoms with Gasteiger partial charge in [0.2, 0.25) is 0 Å². The van der Waals surface area contributed by atoms with E-state index in [9.17, 15) is 8.42 Å². The summed E-state index contributed by atoms with van der Waals surface area (Å²) in [5, 5.41) is 0. The van der Waals surface area contributed by atoms with Gasteiger partial charge in [-0.3, -0.25) is 11.3 Å². The number of thioether (sulfide) groups is 1. The zero-order valence-corrected chi connectivity index (χ0v) is 10.5. The first-order chi connectivity index (χ1) is 6.55. The molecule has 0 spiro atoms. The molecule has 0 aromatic heterocycles. The molecule has 4 nitrogen and oxygen atoms in total. The molecule has 0 amide bonds. The van der Waals surface area contributed by atoms with Crippen LogP contribution in [0.1, 0.15) is 19.8 Å². The van der Waals surface area contributed by atoms with Crippen LogP contribution in [0.25, 0.3) is 0 Å². The van der Waals surface area contributed by atoms with Crippen molar-refractivity contribution < 1.29 is 8.42 Å². The number of sulfone groups is 1. The average Bonchev–Trinajstić information content (AvgIpc) is 2.16. The number of nitrogens with one attached hydrogen (secondary N) is 1. The fourth-order valence-electron chi connectivity index (χ4n) is 1.11. The maximum atomic E-state index is 11.2. The third-order valence-electron chi connectivity index (χ3n) is 2.05. The lowest BCUT2D eigenvalue weighted by atomic mass is 10.2. The van der Waals surface area contributed by atoms with Crippen LogP contribution in [-0.2, 0) is 9.84 Å². The standard InChI is InChI=1S/C8H20N2O2S2/c1-3-14(11,12)6-4-5-8(10-9)7-13-2/h8,10H,3-7,9H2,1-2H3. The molecule has 0 bridgehead atoms. The summed E-state index contributed by atoms with van der Waals surface area (Å²) in [6.07, 6.45) is 3.51. The normalized spacial score (nSPS) is 14.2. The summed E-state index contributed by atoms with van der Waals surface area (Å²) < 4.78 is 22.3. The van der Waals surface area contributed by atoms with Gasteiger partial charge in [-0.1, -0.05) is 6.92 Å². The second kappa shape index (κ2) is 7.50. The Labute approximate surface area is 90.9 Å². The van der Waals surface area contributed by atoms with Crippen molar-refractivity contribution in [1.29, 1.82) is 0 Å². The third-order valence-corrected chi connectivity index (χ3v) is 4.58. The smallest absolute Gasteiger partial charge is 0.150 e. The molecule has 0 rings (SSSR count). The van der Waals surface area contributed by atoms with E-state index in [1.807, 2.05) is 6.26 Å². The van der Waals surface area contributed by atoms with Crippen LogP contribution < -0.4 is 11.3 Å². The first-order valence-electron chi connectivity index (χ1n) is 4.71. The lowest BCUT2D eigenvalue weighted by Gasteiger charge is -2.13. The Balaban J connectivity index is 3.71. The minimum atomic E-state index is -2.81. The number of nitrogens with two attached hydrogens (primary N) is 1. The first kappa shape index (κ1) is 14.2. The van der Waals surface area contributed by atoms with E-state index in [1.54, 1.807) is 18.7 Å². The van der Waals surface area contributed by atoms with Crippen molar-refractivity contribution in [3.8, 4) is 0 Å². The molecule has 0 aromatic rings. The van der Waals surface area contributed by atoms with E-state index in [4.69, 9.17) is 5.84 Å². The molecule has 3 N–H and O–H groups in total. The van der Waals surface area contributed by atoms with Crippen LogP contribution in [-0.4, -0.2) is 38.0 Å². The highest BCUT2D eigenvalue weighted by Gasteiger charge is 2.10. The Kier molecular flexibility index (Phi) is 7.62. The number of hydrazine groups is 1. The third kappa shape index (κ3) is 6.64. The van der Waals surface area contributed by atoms with E-state index < -0.39 is 9.84 Å². The van der Waals surface area contributed by atoms with Gasteiger partial charge in [0.15, 0.2) is 0 Å². The SMILES string of the molecule is CCS(=O)(=O)CCCC(CSC)NN. The Morgan fingerprint density at radius 1 is 1.50 bits per heavy atom.